The smallest absolute Gasteiger partial charge is 0.306 e. The Hall–Kier alpha value is -1.83. The van der Waals surface area contributed by atoms with Crippen LogP contribution in [-0.4, -0.2) is 12.1 Å². The lowest BCUT2D eigenvalue weighted by atomic mass is 9.47. The molecule has 0 radical (unpaired) electrons. The first-order chi connectivity index (χ1) is 23.7. The van der Waals surface area contributed by atoms with Gasteiger partial charge in [0.05, 0.1) is 0 Å². The van der Waals surface area contributed by atoms with Gasteiger partial charge >= 0.3 is 5.97 Å². The van der Waals surface area contributed by atoms with E-state index in [-0.39, 0.29) is 12.1 Å². The number of unbranched alkanes of at least 4 members (excludes halogenated alkanes) is 4. The fraction of sp³-hybridized carbons (Fsp3) is 0.766. The topological polar surface area (TPSA) is 26.3 Å². The molecule has 3 fully saturated rings. The molecule has 3 saturated carbocycles. The monoisotopic (exact) mass is 673 g/mol. The largest absolute Gasteiger partial charge is 0.462 e. The van der Waals surface area contributed by atoms with E-state index in [1.54, 1.807) is 5.57 Å². The van der Waals surface area contributed by atoms with Crippen molar-refractivity contribution in [1.29, 1.82) is 0 Å². The lowest BCUT2D eigenvalue weighted by Crippen LogP contribution is -2.51. The summed E-state index contributed by atoms with van der Waals surface area (Å²) >= 11 is 0. The maximum atomic E-state index is 12.8. The number of rotatable bonds is 20. The molecule has 8 atom stereocenters. The second kappa shape index (κ2) is 20.3. The molecule has 0 aromatic rings. The van der Waals surface area contributed by atoms with Crippen molar-refractivity contribution in [1.82, 2.24) is 0 Å². The summed E-state index contributed by atoms with van der Waals surface area (Å²) in [5.41, 5.74) is 2.50. The van der Waals surface area contributed by atoms with E-state index in [9.17, 15) is 4.79 Å². The van der Waals surface area contributed by atoms with Crippen molar-refractivity contribution in [2.75, 3.05) is 0 Å². The second-order valence-electron chi connectivity index (χ2n) is 17.6. The normalized spacial score (nSPS) is 32.2. The molecule has 4 rings (SSSR count). The fourth-order valence-electron chi connectivity index (χ4n) is 11.0. The van der Waals surface area contributed by atoms with Crippen molar-refractivity contribution in [2.24, 2.45) is 46.3 Å². The van der Waals surface area contributed by atoms with Crippen LogP contribution in [0.4, 0.5) is 0 Å². The summed E-state index contributed by atoms with van der Waals surface area (Å²) < 4.78 is 6.12. The van der Waals surface area contributed by atoms with Crippen molar-refractivity contribution >= 4 is 5.97 Å². The summed E-state index contributed by atoms with van der Waals surface area (Å²) in [6.45, 7) is 14.8. The van der Waals surface area contributed by atoms with E-state index in [0.29, 0.717) is 17.3 Å². The van der Waals surface area contributed by atoms with Crippen LogP contribution in [0.2, 0.25) is 0 Å². The zero-order chi connectivity index (χ0) is 35.1. The Labute approximate surface area is 303 Å². The van der Waals surface area contributed by atoms with Gasteiger partial charge in [-0.15, -0.1) is 0 Å². The summed E-state index contributed by atoms with van der Waals surface area (Å²) in [6.07, 6.45) is 45.7. The van der Waals surface area contributed by atoms with E-state index in [4.69, 9.17) is 4.74 Å². The number of esters is 1. The van der Waals surface area contributed by atoms with Gasteiger partial charge in [-0.1, -0.05) is 134 Å². The molecule has 0 aromatic carbocycles. The Kier molecular flexibility index (Phi) is 16.5. The van der Waals surface area contributed by atoms with Crippen molar-refractivity contribution in [3.05, 3.63) is 60.3 Å². The highest BCUT2D eigenvalue weighted by Crippen LogP contribution is 2.67. The predicted molar refractivity (Wildman–Crippen MR) is 211 cm³/mol. The minimum atomic E-state index is 0.0368. The molecule has 0 spiro atoms. The van der Waals surface area contributed by atoms with Gasteiger partial charge in [0, 0.05) is 12.8 Å². The first-order valence-corrected chi connectivity index (χ1v) is 21.2. The van der Waals surface area contributed by atoms with Gasteiger partial charge in [-0.25, -0.2) is 0 Å². The molecule has 0 saturated heterocycles. The molecule has 2 nitrogen and oxygen atoms in total. The summed E-state index contributed by atoms with van der Waals surface area (Å²) in [6, 6.07) is 0. The molecule has 4 aliphatic carbocycles. The van der Waals surface area contributed by atoms with Gasteiger partial charge in [-0.2, -0.15) is 0 Å². The molecule has 0 aromatic heterocycles. The fourth-order valence-corrected chi connectivity index (χ4v) is 11.0. The van der Waals surface area contributed by atoms with Crippen molar-refractivity contribution in [3.63, 3.8) is 0 Å². The lowest BCUT2D eigenvalue weighted by molar-refractivity contribution is -0.151. The van der Waals surface area contributed by atoms with E-state index in [1.165, 1.54) is 70.6 Å². The van der Waals surface area contributed by atoms with Gasteiger partial charge in [-0.3, -0.25) is 4.79 Å². The Balaban J connectivity index is 1.11. The Bertz CT molecular complexity index is 1140. The number of hydrogen-bond acceptors (Lipinski definition) is 2. The second-order valence-corrected chi connectivity index (χ2v) is 17.6. The molecular formula is C47H76O2. The molecule has 276 valence electrons. The van der Waals surface area contributed by atoms with Gasteiger partial charge in [0.2, 0.25) is 0 Å². The van der Waals surface area contributed by atoms with Crippen molar-refractivity contribution < 1.29 is 9.53 Å². The first-order valence-electron chi connectivity index (χ1n) is 21.2. The summed E-state index contributed by atoms with van der Waals surface area (Å²) in [4.78, 5) is 12.8. The highest BCUT2D eigenvalue weighted by Gasteiger charge is 2.59. The number of carbonyl (C=O) groups is 1. The van der Waals surface area contributed by atoms with E-state index in [2.05, 4.69) is 96.2 Å². The Morgan fingerprint density at radius 2 is 1.49 bits per heavy atom. The molecule has 2 heteroatoms. The van der Waals surface area contributed by atoms with Crippen LogP contribution in [-0.2, 0) is 9.53 Å². The van der Waals surface area contributed by atoms with Gasteiger partial charge in [0.15, 0.2) is 0 Å². The summed E-state index contributed by atoms with van der Waals surface area (Å²) in [7, 11) is 0. The van der Waals surface area contributed by atoms with Crippen LogP contribution in [0.5, 0.6) is 0 Å². The van der Waals surface area contributed by atoms with Crippen LogP contribution in [0.3, 0.4) is 0 Å². The zero-order valence-electron chi connectivity index (χ0n) is 32.9. The summed E-state index contributed by atoms with van der Waals surface area (Å²) in [5, 5.41) is 0. The zero-order valence-corrected chi connectivity index (χ0v) is 32.9. The van der Waals surface area contributed by atoms with E-state index < -0.39 is 0 Å². The van der Waals surface area contributed by atoms with E-state index in [1.807, 2.05) is 0 Å². The first kappa shape index (κ1) is 39.9. The average molecular weight is 673 g/mol. The summed E-state index contributed by atoms with van der Waals surface area (Å²) in [5.74, 6) is 5.26. The molecule has 0 N–H and O–H groups in total. The number of fused-ring (bicyclic) bond motifs is 5. The third-order valence-electron chi connectivity index (χ3n) is 13.8. The van der Waals surface area contributed by atoms with Crippen LogP contribution in [0, 0.1) is 46.3 Å². The van der Waals surface area contributed by atoms with Crippen LogP contribution in [0.15, 0.2) is 60.3 Å². The highest BCUT2D eigenvalue weighted by atomic mass is 16.5. The average Bonchev–Trinajstić information content (AvgIpc) is 3.43. The van der Waals surface area contributed by atoms with Gasteiger partial charge in [0.25, 0.3) is 0 Å². The highest BCUT2D eigenvalue weighted by molar-refractivity contribution is 5.69. The van der Waals surface area contributed by atoms with Crippen molar-refractivity contribution in [3.8, 4) is 0 Å². The lowest BCUT2D eigenvalue weighted by Gasteiger charge is -2.58. The minimum Gasteiger partial charge on any atom is -0.462 e. The maximum absolute atomic E-state index is 12.8. The molecule has 0 bridgehead atoms. The number of ether oxygens (including phenoxy) is 1. The van der Waals surface area contributed by atoms with E-state index in [0.717, 1.165) is 93.3 Å². The molecule has 0 heterocycles. The third-order valence-corrected chi connectivity index (χ3v) is 13.8. The SMILES string of the molecule is CCC=CCC=CCC=CCC=CCCCCCCC(=O)OC1CCC2(C)C(=CCC3C2CCC2(C)C(C(C)CCCC(C)C)CCC32)C1. The van der Waals surface area contributed by atoms with Crippen LogP contribution >= 0.6 is 0 Å². The molecule has 49 heavy (non-hydrogen) atoms. The molecule has 4 aliphatic rings. The molecule has 0 aliphatic heterocycles. The molecule has 8 unspecified atom stereocenters. The minimum absolute atomic E-state index is 0.0368. The third kappa shape index (κ3) is 11.3. The number of allylic oxidation sites excluding steroid dienone is 9. The standard InChI is InChI=1S/C47H76O2/c1-7-8-9-10-11-12-13-14-15-16-17-18-19-20-21-22-23-27-45(48)49-40-32-34-46(5)39(36-40)28-29-41-43-31-30-42(38(4)26-24-25-37(2)3)47(43,6)35-33-44(41)46/h8-9,11-12,14-15,17-18,28,37-38,40-44H,7,10,13,16,19-27,29-36H2,1-6H3. The predicted octanol–water partition coefficient (Wildman–Crippen LogP) is 14.1. The van der Waals surface area contributed by atoms with Gasteiger partial charge in [0.1, 0.15) is 6.10 Å². The molecular weight excluding hydrogens is 597 g/mol. The quantitative estimate of drug-likeness (QED) is 0.0731. The van der Waals surface area contributed by atoms with Crippen LogP contribution in [0.1, 0.15) is 176 Å². The molecule has 0 amide bonds. The van der Waals surface area contributed by atoms with Crippen LogP contribution in [0.25, 0.3) is 0 Å². The maximum Gasteiger partial charge on any atom is 0.306 e. The van der Waals surface area contributed by atoms with E-state index >= 15 is 0 Å². The Morgan fingerprint density at radius 1 is 0.796 bits per heavy atom. The van der Waals surface area contributed by atoms with Gasteiger partial charge < -0.3 is 4.74 Å². The van der Waals surface area contributed by atoms with Crippen molar-refractivity contribution in [2.45, 2.75) is 182 Å². The number of carbonyl (C=O) groups excluding carboxylic acids is 1. The Morgan fingerprint density at radius 3 is 2.20 bits per heavy atom. The van der Waals surface area contributed by atoms with Gasteiger partial charge in [-0.05, 0) is 136 Å². The van der Waals surface area contributed by atoms with Crippen LogP contribution < -0.4 is 0 Å². The number of hydrogen-bond donors (Lipinski definition) is 0.